The van der Waals surface area contributed by atoms with Crippen LogP contribution >= 0.6 is 0 Å². The van der Waals surface area contributed by atoms with Crippen molar-refractivity contribution < 1.29 is 0 Å². The molecule has 1 aliphatic rings. The van der Waals surface area contributed by atoms with E-state index >= 15 is 0 Å². The van der Waals surface area contributed by atoms with Crippen LogP contribution in [0.15, 0.2) is 0 Å². The average Bonchev–Trinajstić information content (AvgIpc) is 2.60. The van der Waals surface area contributed by atoms with Gasteiger partial charge in [0.05, 0.1) is 11.5 Å². The summed E-state index contributed by atoms with van der Waals surface area (Å²) in [7, 11) is 0. The summed E-state index contributed by atoms with van der Waals surface area (Å²) in [5, 5.41) is 12.6. The van der Waals surface area contributed by atoms with Crippen LogP contribution in [-0.2, 0) is 0 Å². The van der Waals surface area contributed by atoms with E-state index in [4.69, 9.17) is 5.26 Å². The third kappa shape index (κ3) is 3.49. The highest BCUT2D eigenvalue weighted by Crippen LogP contribution is 2.33. The van der Waals surface area contributed by atoms with Gasteiger partial charge in [0.2, 0.25) is 0 Å². The predicted molar refractivity (Wildman–Crippen MR) is 68.0 cm³/mol. The standard InChI is InChI=1S/C14H26N2/c1-5-12-6-7-13(11(12)2)16-9-8-14(3,4)10-15/h11-13,16H,5-9H2,1-4H3. The second kappa shape index (κ2) is 5.68. The molecular formula is C14H26N2. The lowest BCUT2D eigenvalue weighted by Gasteiger charge is -2.23. The van der Waals surface area contributed by atoms with Crippen molar-refractivity contribution >= 4 is 0 Å². The highest BCUT2D eigenvalue weighted by atomic mass is 14.9. The molecule has 92 valence electrons. The van der Waals surface area contributed by atoms with Gasteiger partial charge in [-0.3, -0.25) is 0 Å². The predicted octanol–water partition coefficient (Wildman–Crippen LogP) is 3.34. The van der Waals surface area contributed by atoms with Crippen LogP contribution in [0.3, 0.4) is 0 Å². The van der Waals surface area contributed by atoms with E-state index in [1.807, 2.05) is 13.8 Å². The molecule has 1 rings (SSSR count). The van der Waals surface area contributed by atoms with Crippen molar-refractivity contribution in [1.82, 2.24) is 5.32 Å². The topological polar surface area (TPSA) is 35.8 Å². The van der Waals surface area contributed by atoms with Crippen LogP contribution in [0, 0.1) is 28.6 Å². The molecule has 0 aromatic heterocycles. The molecular weight excluding hydrogens is 196 g/mol. The van der Waals surface area contributed by atoms with Gasteiger partial charge in [-0.25, -0.2) is 0 Å². The first-order valence-electron chi connectivity index (χ1n) is 6.65. The van der Waals surface area contributed by atoms with E-state index in [0.29, 0.717) is 6.04 Å². The van der Waals surface area contributed by atoms with Gasteiger partial charge in [0.15, 0.2) is 0 Å². The first-order chi connectivity index (χ1) is 7.50. The molecule has 0 aliphatic heterocycles. The third-order valence-corrected chi connectivity index (χ3v) is 4.21. The van der Waals surface area contributed by atoms with Gasteiger partial charge >= 0.3 is 0 Å². The number of nitrogens with zero attached hydrogens (tertiary/aromatic N) is 1. The zero-order valence-electron chi connectivity index (χ0n) is 11.2. The Morgan fingerprint density at radius 1 is 1.38 bits per heavy atom. The maximum atomic E-state index is 8.94. The van der Waals surface area contributed by atoms with E-state index in [-0.39, 0.29) is 5.41 Å². The minimum Gasteiger partial charge on any atom is -0.314 e. The van der Waals surface area contributed by atoms with Gasteiger partial charge in [0.25, 0.3) is 0 Å². The first-order valence-corrected chi connectivity index (χ1v) is 6.65. The molecule has 0 radical (unpaired) electrons. The summed E-state index contributed by atoms with van der Waals surface area (Å²) in [6, 6.07) is 3.04. The largest absolute Gasteiger partial charge is 0.314 e. The van der Waals surface area contributed by atoms with Gasteiger partial charge < -0.3 is 5.32 Å². The number of hydrogen-bond acceptors (Lipinski definition) is 2. The van der Waals surface area contributed by atoms with Gasteiger partial charge in [0.1, 0.15) is 0 Å². The molecule has 0 aromatic carbocycles. The highest BCUT2D eigenvalue weighted by Gasteiger charge is 2.31. The molecule has 0 heterocycles. The van der Waals surface area contributed by atoms with E-state index in [1.54, 1.807) is 0 Å². The molecule has 1 aliphatic carbocycles. The second-order valence-electron chi connectivity index (χ2n) is 5.91. The monoisotopic (exact) mass is 222 g/mol. The number of nitriles is 1. The number of hydrogen-bond donors (Lipinski definition) is 1. The normalized spacial score (nSPS) is 30.3. The molecule has 3 unspecified atom stereocenters. The maximum Gasteiger partial charge on any atom is 0.0684 e. The first kappa shape index (κ1) is 13.5. The van der Waals surface area contributed by atoms with Crippen molar-refractivity contribution in [1.29, 1.82) is 5.26 Å². The van der Waals surface area contributed by atoms with Crippen molar-refractivity contribution in [2.45, 2.75) is 59.4 Å². The van der Waals surface area contributed by atoms with Gasteiger partial charge in [0, 0.05) is 6.04 Å². The van der Waals surface area contributed by atoms with Gasteiger partial charge in [-0.15, -0.1) is 0 Å². The van der Waals surface area contributed by atoms with Crippen molar-refractivity contribution in [2.24, 2.45) is 17.3 Å². The Balaban J connectivity index is 2.27. The van der Waals surface area contributed by atoms with Crippen LogP contribution < -0.4 is 5.32 Å². The summed E-state index contributed by atoms with van der Waals surface area (Å²) in [6.45, 7) is 9.67. The molecule has 1 saturated carbocycles. The van der Waals surface area contributed by atoms with E-state index in [1.165, 1.54) is 19.3 Å². The molecule has 16 heavy (non-hydrogen) atoms. The Bertz CT molecular complexity index is 252. The minimum atomic E-state index is -0.182. The molecule has 2 heteroatoms. The van der Waals surface area contributed by atoms with Crippen LogP contribution in [0.4, 0.5) is 0 Å². The molecule has 1 fully saturated rings. The van der Waals surface area contributed by atoms with E-state index in [0.717, 1.165) is 24.8 Å². The quantitative estimate of drug-likeness (QED) is 0.774. The molecule has 0 bridgehead atoms. The minimum absolute atomic E-state index is 0.182. The lowest BCUT2D eigenvalue weighted by Crippen LogP contribution is -2.34. The lowest BCUT2D eigenvalue weighted by molar-refractivity contribution is 0.330. The summed E-state index contributed by atoms with van der Waals surface area (Å²) >= 11 is 0. The van der Waals surface area contributed by atoms with Crippen LogP contribution in [0.2, 0.25) is 0 Å². The second-order valence-corrected chi connectivity index (χ2v) is 5.91. The average molecular weight is 222 g/mol. The lowest BCUT2D eigenvalue weighted by atomic mass is 9.90. The zero-order chi connectivity index (χ0) is 12.2. The van der Waals surface area contributed by atoms with Gasteiger partial charge in [-0.05, 0) is 51.5 Å². The molecule has 0 spiro atoms. The van der Waals surface area contributed by atoms with Crippen LogP contribution in [0.1, 0.15) is 53.4 Å². The fraction of sp³-hybridized carbons (Fsp3) is 0.929. The van der Waals surface area contributed by atoms with Crippen molar-refractivity contribution in [3.8, 4) is 6.07 Å². The van der Waals surface area contributed by atoms with Crippen molar-refractivity contribution in [3.05, 3.63) is 0 Å². The smallest absolute Gasteiger partial charge is 0.0684 e. The maximum absolute atomic E-state index is 8.94. The summed E-state index contributed by atoms with van der Waals surface area (Å²) in [6.07, 6.45) is 4.94. The number of rotatable bonds is 5. The van der Waals surface area contributed by atoms with Crippen LogP contribution in [0.25, 0.3) is 0 Å². The summed E-state index contributed by atoms with van der Waals surface area (Å²) < 4.78 is 0. The molecule has 3 atom stereocenters. The fourth-order valence-corrected chi connectivity index (χ4v) is 2.74. The Morgan fingerprint density at radius 2 is 2.06 bits per heavy atom. The SMILES string of the molecule is CCC1CCC(NCCC(C)(C)C#N)C1C. The number of nitrogens with one attached hydrogen (secondary N) is 1. The van der Waals surface area contributed by atoms with Crippen LogP contribution in [-0.4, -0.2) is 12.6 Å². The fourth-order valence-electron chi connectivity index (χ4n) is 2.74. The molecule has 0 amide bonds. The Morgan fingerprint density at radius 3 is 2.56 bits per heavy atom. The van der Waals surface area contributed by atoms with E-state index in [2.05, 4.69) is 25.2 Å². The van der Waals surface area contributed by atoms with Gasteiger partial charge in [-0.2, -0.15) is 5.26 Å². The van der Waals surface area contributed by atoms with Crippen molar-refractivity contribution in [2.75, 3.05) is 6.54 Å². The van der Waals surface area contributed by atoms with E-state index < -0.39 is 0 Å². The summed E-state index contributed by atoms with van der Waals surface area (Å²) in [5.74, 6) is 1.71. The van der Waals surface area contributed by atoms with E-state index in [9.17, 15) is 0 Å². The summed E-state index contributed by atoms with van der Waals surface area (Å²) in [5.41, 5.74) is -0.182. The Labute approximate surface area is 100 Å². The molecule has 1 N–H and O–H groups in total. The van der Waals surface area contributed by atoms with Crippen molar-refractivity contribution in [3.63, 3.8) is 0 Å². The Hall–Kier alpha value is -0.550. The molecule has 2 nitrogen and oxygen atoms in total. The Kier molecular flexibility index (Phi) is 4.80. The zero-order valence-corrected chi connectivity index (χ0v) is 11.2. The molecule has 0 aromatic rings. The molecule has 0 saturated heterocycles. The van der Waals surface area contributed by atoms with Gasteiger partial charge in [-0.1, -0.05) is 20.3 Å². The van der Waals surface area contributed by atoms with Crippen LogP contribution in [0.5, 0.6) is 0 Å². The highest BCUT2D eigenvalue weighted by molar-refractivity contribution is 4.93. The third-order valence-electron chi connectivity index (χ3n) is 4.21. The summed E-state index contributed by atoms with van der Waals surface area (Å²) in [4.78, 5) is 0.